The summed E-state index contributed by atoms with van der Waals surface area (Å²) in [6, 6.07) is 3.55. The first-order valence-electron chi connectivity index (χ1n) is 5.81. The minimum atomic E-state index is -0.152. The molecule has 1 aromatic rings. The van der Waals surface area contributed by atoms with E-state index in [1.807, 2.05) is 0 Å². The van der Waals surface area contributed by atoms with Crippen molar-refractivity contribution >= 4 is 23.1 Å². The number of aliphatic hydroxyl groups is 1. The Labute approximate surface area is 111 Å². The van der Waals surface area contributed by atoms with Crippen molar-refractivity contribution in [1.82, 2.24) is 9.88 Å². The summed E-state index contributed by atoms with van der Waals surface area (Å²) < 4.78 is 0. The van der Waals surface area contributed by atoms with E-state index in [1.165, 1.54) is 6.20 Å². The van der Waals surface area contributed by atoms with Crippen molar-refractivity contribution in [2.24, 2.45) is 5.73 Å². The predicted molar refractivity (Wildman–Crippen MR) is 71.3 cm³/mol. The van der Waals surface area contributed by atoms with E-state index >= 15 is 0 Å². The van der Waals surface area contributed by atoms with E-state index in [1.54, 1.807) is 17.0 Å². The SMILES string of the molecule is NC(=S)c1ccc(C(=O)N(CCO)C2CC2)nc1. The molecule has 0 saturated heterocycles. The van der Waals surface area contributed by atoms with Crippen molar-refractivity contribution in [3.05, 3.63) is 29.6 Å². The second-order valence-electron chi connectivity index (χ2n) is 4.25. The van der Waals surface area contributed by atoms with E-state index in [0.717, 1.165) is 12.8 Å². The molecule has 0 aliphatic heterocycles. The highest BCUT2D eigenvalue weighted by Gasteiger charge is 2.33. The molecule has 1 fully saturated rings. The molecule has 0 spiro atoms. The van der Waals surface area contributed by atoms with Gasteiger partial charge in [0.05, 0.1) is 6.61 Å². The lowest BCUT2D eigenvalue weighted by molar-refractivity contribution is 0.0701. The topological polar surface area (TPSA) is 79.5 Å². The predicted octanol–water partition coefficient (Wildman–Crippen LogP) is 0.313. The maximum atomic E-state index is 12.2. The molecule has 1 amide bonds. The quantitative estimate of drug-likeness (QED) is 0.749. The van der Waals surface area contributed by atoms with Gasteiger partial charge >= 0.3 is 0 Å². The Kier molecular flexibility index (Phi) is 3.88. The van der Waals surface area contributed by atoms with Crippen molar-refractivity contribution in [3.63, 3.8) is 0 Å². The number of rotatable bonds is 5. The summed E-state index contributed by atoms with van der Waals surface area (Å²) in [5.74, 6) is -0.152. The molecule has 1 aromatic heterocycles. The highest BCUT2D eigenvalue weighted by atomic mass is 32.1. The van der Waals surface area contributed by atoms with Crippen molar-refractivity contribution < 1.29 is 9.90 Å². The zero-order valence-corrected chi connectivity index (χ0v) is 10.7. The fourth-order valence-corrected chi connectivity index (χ4v) is 1.88. The third kappa shape index (κ3) is 2.83. The van der Waals surface area contributed by atoms with Crippen LogP contribution in [0.4, 0.5) is 0 Å². The minimum Gasteiger partial charge on any atom is -0.395 e. The van der Waals surface area contributed by atoms with Gasteiger partial charge in [0.2, 0.25) is 0 Å². The lowest BCUT2D eigenvalue weighted by Gasteiger charge is -2.20. The number of carbonyl (C=O) groups is 1. The summed E-state index contributed by atoms with van der Waals surface area (Å²) >= 11 is 4.83. The number of carbonyl (C=O) groups excluding carboxylic acids is 1. The lowest BCUT2D eigenvalue weighted by Crippen LogP contribution is -2.36. The van der Waals surface area contributed by atoms with Gasteiger partial charge in [-0.05, 0) is 25.0 Å². The molecule has 0 atom stereocenters. The van der Waals surface area contributed by atoms with Crippen LogP contribution in [-0.4, -0.2) is 45.1 Å². The number of aliphatic hydroxyl groups excluding tert-OH is 1. The maximum Gasteiger partial charge on any atom is 0.272 e. The second-order valence-corrected chi connectivity index (χ2v) is 4.69. The molecule has 2 rings (SSSR count). The summed E-state index contributed by atoms with van der Waals surface area (Å²) in [5.41, 5.74) is 6.47. The van der Waals surface area contributed by atoms with Crippen LogP contribution in [0.25, 0.3) is 0 Å². The molecule has 1 aliphatic carbocycles. The van der Waals surface area contributed by atoms with Gasteiger partial charge in [0.25, 0.3) is 5.91 Å². The normalized spacial score (nSPS) is 14.3. The molecular weight excluding hydrogens is 250 g/mol. The van der Waals surface area contributed by atoms with Crippen LogP contribution in [0.1, 0.15) is 28.9 Å². The average Bonchev–Trinajstić information content (AvgIpc) is 3.19. The molecular formula is C12H15N3O2S. The molecule has 0 unspecified atom stereocenters. The number of nitrogens with zero attached hydrogens (tertiary/aromatic N) is 2. The first-order chi connectivity index (χ1) is 8.63. The van der Waals surface area contributed by atoms with E-state index < -0.39 is 0 Å². The fourth-order valence-electron chi connectivity index (χ4n) is 1.76. The lowest BCUT2D eigenvalue weighted by atomic mass is 10.2. The molecule has 96 valence electrons. The van der Waals surface area contributed by atoms with Gasteiger partial charge in [-0.25, -0.2) is 0 Å². The molecule has 3 N–H and O–H groups in total. The van der Waals surface area contributed by atoms with Gasteiger partial charge < -0.3 is 15.7 Å². The third-order valence-corrected chi connectivity index (χ3v) is 3.09. The molecule has 1 heterocycles. The zero-order valence-electron chi connectivity index (χ0n) is 9.87. The Morgan fingerprint density at radius 2 is 2.28 bits per heavy atom. The van der Waals surface area contributed by atoms with Crippen LogP contribution in [0, 0.1) is 0 Å². The molecule has 5 nitrogen and oxygen atoms in total. The number of hydrogen-bond donors (Lipinski definition) is 2. The standard InChI is InChI=1S/C12H15N3O2S/c13-11(18)8-1-4-10(14-7-8)12(17)15(5-6-16)9-2-3-9/h1,4,7,9,16H,2-3,5-6H2,(H2,13,18). The first-order valence-corrected chi connectivity index (χ1v) is 6.22. The molecule has 1 aliphatic rings. The number of pyridine rings is 1. The van der Waals surface area contributed by atoms with E-state index in [-0.39, 0.29) is 23.5 Å². The van der Waals surface area contributed by atoms with Gasteiger partial charge in [-0.2, -0.15) is 0 Å². The van der Waals surface area contributed by atoms with Gasteiger partial charge in [-0.15, -0.1) is 0 Å². The monoisotopic (exact) mass is 265 g/mol. The van der Waals surface area contributed by atoms with Crippen LogP contribution in [-0.2, 0) is 0 Å². The van der Waals surface area contributed by atoms with E-state index in [4.69, 9.17) is 23.1 Å². The van der Waals surface area contributed by atoms with Crippen LogP contribution >= 0.6 is 12.2 Å². The summed E-state index contributed by atoms with van der Waals surface area (Å²) in [5, 5.41) is 8.98. The van der Waals surface area contributed by atoms with Gasteiger partial charge in [-0.1, -0.05) is 12.2 Å². The Morgan fingerprint density at radius 1 is 1.56 bits per heavy atom. The smallest absolute Gasteiger partial charge is 0.272 e. The summed E-state index contributed by atoms with van der Waals surface area (Å²) in [6.45, 7) is 0.315. The van der Waals surface area contributed by atoms with Gasteiger partial charge in [0, 0.05) is 24.3 Å². The number of nitrogens with two attached hydrogens (primary N) is 1. The zero-order chi connectivity index (χ0) is 13.1. The van der Waals surface area contributed by atoms with Crippen LogP contribution in [0.2, 0.25) is 0 Å². The van der Waals surface area contributed by atoms with Crippen LogP contribution in [0.3, 0.4) is 0 Å². The van der Waals surface area contributed by atoms with Crippen molar-refractivity contribution in [1.29, 1.82) is 0 Å². The number of aromatic nitrogens is 1. The fraction of sp³-hybridized carbons (Fsp3) is 0.417. The van der Waals surface area contributed by atoms with Crippen molar-refractivity contribution in [2.45, 2.75) is 18.9 Å². The second kappa shape index (κ2) is 5.41. The summed E-state index contributed by atoms with van der Waals surface area (Å²) in [6.07, 6.45) is 3.49. The van der Waals surface area contributed by atoms with E-state index in [2.05, 4.69) is 4.98 Å². The molecule has 6 heteroatoms. The molecule has 0 aromatic carbocycles. The van der Waals surface area contributed by atoms with Gasteiger partial charge in [0.1, 0.15) is 10.7 Å². The van der Waals surface area contributed by atoms with Crippen molar-refractivity contribution in [3.8, 4) is 0 Å². The third-order valence-electron chi connectivity index (χ3n) is 2.86. The maximum absolute atomic E-state index is 12.2. The number of amides is 1. The average molecular weight is 265 g/mol. The minimum absolute atomic E-state index is 0.0345. The van der Waals surface area contributed by atoms with Gasteiger partial charge in [0.15, 0.2) is 0 Å². The van der Waals surface area contributed by atoms with E-state index in [9.17, 15) is 4.79 Å². The summed E-state index contributed by atoms with van der Waals surface area (Å²) in [7, 11) is 0. The number of thiocarbonyl (C=S) groups is 1. The van der Waals surface area contributed by atoms with Gasteiger partial charge in [-0.3, -0.25) is 9.78 Å². The van der Waals surface area contributed by atoms with Crippen LogP contribution in [0.5, 0.6) is 0 Å². The Morgan fingerprint density at radius 3 is 2.72 bits per heavy atom. The van der Waals surface area contributed by atoms with Crippen LogP contribution in [0.15, 0.2) is 18.3 Å². The molecule has 0 bridgehead atoms. The van der Waals surface area contributed by atoms with Crippen LogP contribution < -0.4 is 5.73 Å². The largest absolute Gasteiger partial charge is 0.395 e. The highest BCUT2D eigenvalue weighted by Crippen LogP contribution is 2.27. The number of hydrogen-bond acceptors (Lipinski definition) is 4. The molecule has 0 radical (unpaired) electrons. The molecule has 18 heavy (non-hydrogen) atoms. The molecule has 1 saturated carbocycles. The first kappa shape index (κ1) is 12.9. The highest BCUT2D eigenvalue weighted by molar-refractivity contribution is 7.80. The van der Waals surface area contributed by atoms with E-state index in [0.29, 0.717) is 17.8 Å². The van der Waals surface area contributed by atoms with Crippen molar-refractivity contribution in [2.75, 3.05) is 13.2 Å². The Hall–Kier alpha value is -1.53. The Bertz CT molecular complexity index is 457. The summed E-state index contributed by atoms with van der Waals surface area (Å²) in [4.78, 5) is 18.2. The Balaban J connectivity index is 2.13.